The molecular formula is C11H25BO. The van der Waals surface area contributed by atoms with Crippen LogP contribution in [0.25, 0.3) is 0 Å². The topological polar surface area (TPSA) is 9.23 Å². The van der Waals surface area contributed by atoms with Crippen LogP contribution in [0.4, 0.5) is 0 Å². The summed E-state index contributed by atoms with van der Waals surface area (Å²) in [5.41, 5.74) is 0.149. The van der Waals surface area contributed by atoms with E-state index in [4.69, 9.17) is 4.65 Å². The lowest BCUT2D eigenvalue weighted by atomic mass is 9.61. The van der Waals surface area contributed by atoms with Crippen LogP contribution in [0, 0.1) is 0 Å². The fourth-order valence-electron chi connectivity index (χ4n) is 1.81. The van der Waals surface area contributed by atoms with Gasteiger partial charge in [-0.15, -0.1) is 0 Å². The molecule has 13 heavy (non-hydrogen) atoms. The molecule has 0 atom stereocenters. The average molecular weight is 184 g/mol. The van der Waals surface area contributed by atoms with Crippen LogP contribution < -0.4 is 0 Å². The van der Waals surface area contributed by atoms with E-state index < -0.39 is 0 Å². The largest absolute Gasteiger partial charge is 0.431 e. The molecule has 0 amide bonds. The fraction of sp³-hybridized carbons (Fsp3) is 1.00. The standard InChI is InChI=1S/C11H25BO/c1-6-11(7-2,8-3)13-12(9-4)10-5/h6-10H2,1-5H3. The molecule has 0 aromatic rings. The number of rotatable bonds is 7. The summed E-state index contributed by atoms with van der Waals surface area (Å²) in [4.78, 5) is 0. The Labute approximate surface area is 84.4 Å². The second-order valence-electron chi connectivity index (χ2n) is 3.80. The zero-order valence-electron chi connectivity index (χ0n) is 10.0. The van der Waals surface area contributed by atoms with Gasteiger partial charge in [0.15, 0.2) is 0 Å². The third-order valence-corrected chi connectivity index (χ3v) is 3.26. The molecule has 0 unspecified atom stereocenters. The van der Waals surface area contributed by atoms with Gasteiger partial charge in [-0.1, -0.05) is 47.3 Å². The summed E-state index contributed by atoms with van der Waals surface area (Å²) in [5, 5.41) is 0. The van der Waals surface area contributed by atoms with Crippen molar-refractivity contribution in [3.8, 4) is 0 Å². The van der Waals surface area contributed by atoms with Crippen molar-refractivity contribution in [2.24, 2.45) is 0 Å². The molecular weight excluding hydrogens is 159 g/mol. The van der Waals surface area contributed by atoms with Crippen molar-refractivity contribution in [3.63, 3.8) is 0 Å². The first-order valence-corrected chi connectivity index (χ1v) is 5.85. The second-order valence-corrected chi connectivity index (χ2v) is 3.80. The van der Waals surface area contributed by atoms with Gasteiger partial charge in [0.05, 0.1) is 5.60 Å². The average Bonchev–Trinajstić information content (AvgIpc) is 2.21. The van der Waals surface area contributed by atoms with Crippen LogP contribution in [0.5, 0.6) is 0 Å². The first-order valence-electron chi connectivity index (χ1n) is 5.85. The van der Waals surface area contributed by atoms with E-state index in [1.807, 2.05) is 0 Å². The maximum atomic E-state index is 6.18. The molecule has 0 N–H and O–H groups in total. The van der Waals surface area contributed by atoms with Crippen molar-refractivity contribution in [1.82, 2.24) is 0 Å². The third kappa shape index (κ3) is 3.72. The van der Waals surface area contributed by atoms with E-state index in [0.29, 0.717) is 6.92 Å². The van der Waals surface area contributed by atoms with E-state index in [-0.39, 0.29) is 5.60 Å². The monoisotopic (exact) mass is 184 g/mol. The Balaban J connectivity index is 4.21. The Kier molecular flexibility index (Phi) is 6.49. The first-order chi connectivity index (χ1) is 6.17. The maximum absolute atomic E-state index is 6.18. The summed E-state index contributed by atoms with van der Waals surface area (Å²) < 4.78 is 6.18. The second kappa shape index (κ2) is 6.47. The lowest BCUT2D eigenvalue weighted by molar-refractivity contribution is 0.0528. The normalized spacial score (nSPS) is 11.8. The molecule has 0 rings (SSSR count). The van der Waals surface area contributed by atoms with Crippen LogP contribution in [0.3, 0.4) is 0 Å². The minimum absolute atomic E-state index is 0.149. The molecule has 1 nitrogen and oxygen atoms in total. The third-order valence-electron chi connectivity index (χ3n) is 3.26. The van der Waals surface area contributed by atoms with Crippen molar-refractivity contribution in [2.75, 3.05) is 0 Å². The van der Waals surface area contributed by atoms with Gasteiger partial charge in [0.1, 0.15) is 0 Å². The quantitative estimate of drug-likeness (QED) is 0.543. The van der Waals surface area contributed by atoms with E-state index >= 15 is 0 Å². The van der Waals surface area contributed by atoms with Crippen LogP contribution >= 0.6 is 0 Å². The zero-order valence-corrected chi connectivity index (χ0v) is 10.0. The Morgan fingerprint density at radius 2 is 1.23 bits per heavy atom. The van der Waals surface area contributed by atoms with E-state index in [1.54, 1.807) is 0 Å². The van der Waals surface area contributed by atoms with E-state index in [0.717, 1.165) is 31.9 Å². The Hall–Kier alpha value is 0.0249. The molecule has 0 saturated heterocycles. The molecule has 0 heterocycles. The molecule has 0 fully saturated rings. The highest BCUT2D eigenvalue weighted by Gasteiger charge is 2.28. The lowest BCUT2D eigenvalue weighted by Gasteiger charge is -2.34. The molecule has 0 radical (unpaired) electrons. The predicted octanol–water partition coefficient (Wildman–Crippen LogP) is 4.00. The zero-order chi connectivity index (χ0) is 10.3. The van der Waals surface area contributed by atoms with Gasteiger partial charge in [0.2, 0.25) is 0 Å². The maximum Gasteiger partial charge on any atom is 0.293 e. The lowest BCUT2D eigenvalue weighted by Crippen LogP contribution is -2.36. The Morgan fingerprint density at radius 1 is 0.846 bits per heavy atom. The highest BCUT2D eigenvalue weighted by atomic mass is 16.5. The summed E-state index contributed by atoms with van der Waals surface area (Å²) in [6.07, 6.45) is 5.68. The summed E-state index contributed by atoms with van der Waals surface area (Å²) >= 11 is 0. The van der Waals surface area contributed by atoms with Crippen LogP contribution in [0.1, 0.15) is 53.9 Å². The summed E-state index contributed by atoms with van der Waals surface area (Å²) in [5.74, 6) is 0. The highest BCUT2D eigenvalue weighted by molar-refractivity contribution is 6.51. The van der Waals surface area contributed by atoms with Crippen LogP contribution in [0.15, 0.2) is 0 Å². The van der Waals surface area contributed by atoms with Gasteiger partial charge < -0.3 is 4.65 Å². The van der Waals surface area contributed by atoms with Gasteiger partial charge in [-0.3, -0.25) is 0 Å². The van der Waals surface area contributed by atoms with Crippen LogP contribution in [0.2, 0.25) is 12.6 Å². The smallest absolute Gasteiger partial charge is 0.293 e. The Bertz CT molecular complexity index is 109. The molecule has 0 aliphatic carbocycles. The molecule has 0 spiro atoms. The Morgan fingerprint density at radius 3 is 1.46 bits per heavy atom. The van der Waals surface area contributed by atoms with E-state index in [1.165, 1.54) is 0 Å². The summed E-state index contributed by atoms with van der Waals surface area (Å²) in [6.45, 7) is 11.6. The van der Waals surface area contributed by atoms with Crippen molar-refractivity contribution in [3.05, 3.63) is 0 Å². The molecule has 0 saturated carbocycles. The van der Waals surface area contributed by atoms with Gasteiger partial charge in [-0.2, -0.15) is 0 Å². The van der Waals surface area contributed by atoms with Gasteiger partial charge in [-0.25, -0.2) is 0 Å². The molecule has 0 aliphatic heterocycles. The van der Waals surface area contributed by atoms with Gasteiger partial charge in [-0.05, 0) is 19.3 Å². The highest BCUT2D eigenvalue weighted by Crippen LogP contribution is 2.26. The van der Waals surface area contributed by atoms with Crippen molar-refractivity contribution in [2.45, 2.75) is 72.1 Å². The summed E-state index contributed by atoms with van der Waals surface area (Å²) in [7, 11) is 0. The minimum atomic E-state index is 0.149. The molecule has 2 heteroatoms. The van der Waals surface area contributed by atoms with Gasteiger partial charge in [0, 0.05) is 0 Å². The molecule has 0 aliphatic rings. The van der Waals surface area contributed by atoms with Crippen molar-refractivity contribution < 1.29 is 4.65 Å². The molecule has 0 aromatic carbocycles. The van der Waals surface area contributed by atoms with Gasteiger partial charge >= 0.3 is 0 Å². The predicted molar refractivity (Wildman–Crippen MR) is 61.4 cm³/mol. The van der Waals surface area contributed by atoms with E-state index in [9.17, 15) is 0 Å². The molecule has 0 aromatic heterocycles. The number of hydrogen-bond donors (Lipinski definition) is 0. The summed E-state index contributed by atoms with van der Waals surface area (Å²) in [6, 6.07) is 0. The SMILES string of the molecule is CCB(CC)OC(CC)(CC)CC. The number of hydrogen-bond acceptors (Lipinski definition) is 1. The van der Waals surface area contributed by atoms with E-state index in [2.05, 4.69) is 34.6 Å². The van der Waals surface area contributed by atoms with Crippen LogP contribution in [-0.2, 0) is 4.65 Å². The minimum Gasteiger partial charge on any atom is -0.431 e. The molecule has 78 valence electrons. The van der Waals surface area contributed by atoms with Crippen molar-refractivity contribution in [1.29, 1.82) is 0 Å². The fourth-order valence-corrected chi connectivity index (χ4v) is 1.81. The molecule has 0 bridgehead atoms. The van der Waals surface area contributed by atoms with Crippen molar-refractivity contribution >= 4 is 6.92 Å². The first kappa shape index (κ1) is 13.0. The van der Waals surface area contributed by atoms with Crippen LogP contribution in [-0.4, -0.2) is 12.5 Å². The van der Waals surface area contributed by atoms with Gasteiger partial charge in [0.25, 0.3) is 6.92 Å².